The molecule has 0 aromatic carbocycles. The molecule has 39 heavy (non-hydrogen) atoms. The van der Waals surface area contributed by atoms with Crippen LogP contribution in [0.3, 0.4) is 0 Å². The van der Waals surface area contributed by atoms with Crippen LogP contribution in [0.1, 0.15) is 132 Å². The van der Waals surface area contributed by atoms with Crippen LogP contribution in [0.2, 0.25) is 0 Å². The SMILES string of the molecule is C=CCCC(=O)O[C@H]1CC[C@]2(C)[C@H]3C[C@@H](O)[C@@H]4[C@@H]([C@@]5(C)CCCC(C)(C)O5)CC[C@@]4(C)[C@]3(C)CC[C@H]2C1(C)C. The molecule has 4 nitrogen and oxygen atoms in total. The molecule has 1 heterocycles. The highest BCUT2D eigenvalue weighted by Gasteiger charge is 2.72. The van der Waals surface area contributed by atoms with Crippen LogP contribution in [0, 0.1) is 45.3 Å². The Kier molecular flexibility index (Phi) is 7.27. The number of aliphatic hydroxyl groups excluding tert-OH is 1. The van der Waals surface area contributed by atoms with Crippen LogP contribution >= 0.6 is 0 Å². The Balaban J connectivity index is 1.42. The third kappa shape index (κ3) is 4.39. The van der Waals surface area contributed by atoms with Gasteiger partial charge in [-0.05, 0) is 131 Å². The van der Waals surface area contributed by atoms with E-state index in [0.717, 1.165) is 32.1 Å². The lowest BCUT2D eigenvalue weighted by atomic mass is 9.35. The summed E-state index contributed by atoms with van der Waals surface area (Å²) in [6.07, 6.45) is 13.7. The van der Waals surface area contributed by atoms with E-state index < -0.39 is 0 Å². The number of carbonyl (C=O) groups is 1. The Morgan fingerprint density at radius 2 is 1.62 bits per heavy atom. The van der Waals surface area contributed by atoms with E-state index in [2.05, 4.69) is 62.0 Å². The smallest absolute Gasteiger partial charge is 0.306 e. The van der Waals surface area contributed by atoms with E-state index in [4.69, 9.17) is 9.47 Å². The Hall–Kier alpha value is -0.870. The van der Waals surface area contributed by atoms with Crippen LogP contribution < -0.4 is 0 Å². The normalized spacial score (nSPS) is 50.3. The summed E-state index contributed by atoms with van der Waals surface area (Å²) in [4.78, 5) is 12.6. The number of rotatable bonds is 5. The maximum atomic E-state index is 12.6. The largest absolute Gasteiger partial charge is 0.462 e. The van der Waals surface area contributed by atoms with Crippen molar-refractivity contribution in [3.8, 4) is 0 Å². The summed E-state index contributed by atoms with van der Waals surface area (Å²) in [5.41, 5.74) is 0.143. The molecular weight excluding hydrogens is 484 g/mol. The molecule has 5 fully saturated rings. The van der Waals surface area contributed by atoms with Crippen molar-refractivity contribution in [1.82, 2.24) is 0 Å². The van der Waals surface area contributed by atoms with Crippen LogP contribution in [0.25, 0.3) is 0 Å². The highest BCUT2D eigenvalue weighted by Crippen LogP contribution is 2.76. The zero-order valence-electron chi connectivity index (χ0n) is 26.4. The molecule has 0 aromatic rings. The fourth-order valence-electron chi connectivity index (χ4n) is 11.9. The summed E-state index contributed by atoms with van der Waals surface area (Å²) in [6, 6.07) is 0. The molecule has 1 saturated heterocycles. The predicted molar refractivity (Wildman–Crippen MR) is 157 cm³/mol. The second-order valence-electron chi connectivity index (χ2n) is 16.7. The van der Waals surface area contributed by atoms with Crippen molar-refractivity contribution in [2.75, 3.05) is 0 Å². The molecule has 0 amide bonds. The van der Waals surface area contributed by atoms with Gasteiger partial charge >= 0.3 is 5.97 Å². The lowest BCUT2D eigenvalue weighted by Crippen LogP contribution is -2.67. The van der Waals surface area contributed by atoms with Crippen molar-refractivity contribution in [2.24, 2.45) is 45.3 Å². The number of fused-ring (bicyclic) bond motifs is 5. The van der Waals surface area contributed by atoms with E-state index in [0.29, 0.717) is 36.5 Å². The summed E-state index contributed by atoms with van der Waals surface area (Å²) < 4.78 is 13.0. The van der Waals surface area contributed by atoms with Gasteiger partial charge in [0.15, 0.2) is 0 Å². The van der Waals surface area contributed by atoms with Gasteiger partial charge < -0.3 is 14.6 Å². The molecule has 1 aliphatic heterocycles. The molecule has 0 aromatic heterocycles. The number of carbonyl (C=O) groups excluding carboxylic acids is 1. The maximum absolute atomic E-state index is 12.6. The Morgan fingerprint density at radius 1 is 0.923 bits per heavy atom. The van der Waals surface area contributed by atoms with Gasteiger partial charge in [0.25, 0.3) is 0 Å². The van der Waals surface area contributed by atoms with Crippen LogP contribution in [0.4, 0.5) is 0 Å². The number of allylic oxidation sites excluding steroid dienone is 1. The first-order chi connectivity index (χ1) is 18.0. The minimum atomic E-state index is -0.279. The molecule has 4 aliphatic carbocycles. The van der Waals surface area contributed by atoms with E-state index in [-0.39, 0.29) is 51.0 Å². The number of hydrogen-bond acceptors (Lipinski definition) is 4. The molecule has 4 saturated carbocycles. The van der Waals surface area contributed by atoms with E-state index in [1.807, 2.05) is 0 Å². The van der Waals surface area contributed by atoms with Gasteiger partial charge in [-0.2, -0.15) is 0 Å². The van der Waals surface area contributed by atoms with E-state index in [9.17, 15) is 9.90 Å². The van der Waals surface area contributed by atoms with Gasteiger partial charge in [0.2, 0.25) is 0 Å². The number of aliphatic hydroxyl groups is 1. The summed E-state index contributed by atoms with van der Waals surface area (Å²) >= 11 is 0. The second-order valence-corrected chi connectivity index (χ2v) is 16.7. The molecule has 5 aliphatic rings. The maximum Gasteiger partial charge on any atom is 0.306 e. The van der Waals surface area contributed by atoms with Crippen LogP contribution in [0.5, 0.6) is 0 Å². The fraction of sp³-hybridized carbons (Fsp3) is 0.914. The molecule has 4 heteroatoms. The lowest BCUT2D eigenvalue weighted by molar-refractivity contribution is -0.259. The van der Waals surface area contributed by atoms with E-state index in [1.54, 1.807) is 6.08 Å². The molecule has 0 bridgehead atoms. The van der Waals surface area contributed by atoms with Crippen molar-refractivity contribution >= 4 is 5.97 Å². The predicted octanol–water partition coefficient (Wildman–Crippen LogP) is 8.26. The molecule has 0 unspecified atom stereocenters. The molecule has 0 spiro atoms. The fourth-order valence-corrected chi connectivity index (χ4v) is 11.9. The summed E-state index contributed by atoms with van der Waals surface area (Å²) in [7, 11) is 0. The minimum absolute atomic E-state index is 0.0308. The first-order valence-corrected chi connectivity index (χ1v) is 16.2. The summed E-state index contributed by atoms with van der Waals surface area (Å²) in [6.45, 7) is 23.0. The van der Waals surface area contributed by atoms with Gasteiger partial charge in [0.05, 0.1) is 17.3 Å². The highest BCUT2D eigenvalue weighted by molar-refractivity contribution is 5.69. The van der Waals surface area contributed by atoms with E-state index >= 15 is 0 Å². The lowest BCUT2D eigenvalue weighted by Gasteiger charge is -2.70. The van der Waals surface area contributed by atoms with Gasteiger partial charge in [0.1, 0.15) is 6.10 Å². The van der Waals surface area contributed by atoms with Crippen molar-refractivity contribution in [2.45, 2.75) is 156 Å². The third-order valence-corrected chi connectivity index (χ3v) is 13.9. The first-order valence-electron chi connectivity index (χ1n) is 16.2. The summed E-state index contributed by atoms with van der Waals surface area (Å²) in [5, 5.41) is 12.1. The first kappa shape index (κ1) is 29.6. The highest BCUT2D eigenvalue weighted by atomic mass is 16.5. The average molecular weight is 543 g/mol. The summed E-state index contributed by atoms with van der Waals surface area (Å²) in [5.74, 6) is 1.60. The number of hydrogen-bond donors (Lipinski definition) is 1. The van der Waals surface area contributed by atoms with Crippen molar-refractivity contribution in [3.63, 3.8) is 0 Å². The van der Waals surface area contributed by atoms with Gasteiger partial charge in [-0.15, -0.1) is 6.58 Å². The Morgan fingerprint density at radius 3 is 2.28 bits per heavy atom. The van der Waals surface area contributed by atoms with Crippen LogP contribution in [0.15, 0.2) is 12.7 Å². The number of esters is 1. The molecule has 222 valence electrons. The van der Waals surface area contributed by atoms with Crippen molar-refractivity contribution in [3.05, 3.63) is 12.7 Å². The standard InChI is InChI=1S/C35H58O4/c1-10-11-13-28(37)38-27-16-19-32(6)25(31(27,4)5)15-21-33(7)26(32)22-24(36)29-23(14-20-34(29,33)8)35(9)18-12-17-30(2,3)39-35/h10,23-27,29,36H,1,11-22H2,2-9H3/t23-,24+,25-,26+,27-,29-,32-,33+,34+,35+/m0/s1. The monoisotopic (exact) mass is 542 g/mol. The average Bonchev–Trinajstić information content (AvgIpc) is 3.21. The molecule has 5 rings (SSSR count). The van der Waals surface area contributed by atoms with Gasteiger partial charge in [-0.1, -0.05) is 40.7 Å². The minimum Gasteiger partial charge on any atom is -0.462 e. The van der Waals surface area contributed by atoms with Crippen LogP contribution in [-0.2, 0) is 14.3 Å². The third-order valence-electron chi connectivity index (χ3n) is 13.9. The molecule has 0 radical (unpaired) electrons. The van der Waals surface area contributed by atoms with E-state index in [1.165, 1.54) is 32.1 Å². The Bertz CT molecular complexity index is 970. The number of ether oxygens (including phenoxy) is 2. The zero-order chi connectivity index (χ0) is 28.6. The van der Waals surface area contributed by atoms with Crippen LogP contribution in [-0.4, -0.2) is 34.5 Å². The molecule has 1 N–H and O–H groups in total. The molecule has 10 atom stereocenters. The quantitative estimate of drug-likeness (QED) is 0.281. The molecular formula is C35H58O4. The Labute approximate surface area is 239 Å². The van der Waals surface area contributed by atoms with Gasteiger partial charge in [-0.25, -0.2) is 0 Å². The van der Waals surface area contributed by atoms with Crippen molar-refractivity contribution < 1.29 is 19.4 Å². The van der Waals surface area contributed by atoms with Gasteiger partial charge in [0, 0.05) is 11.8 Å². The van der Waals surface area contributed by atoms with Gasteiger partial charge in [-0.3, -0.25) is 4.79 Å². The second kappa shape index (κ2) is 9.58. The van der Waals surface area contributed by atoms with Crippen molar-refractivity contribution in [1.29, 1.82) is 0 Å². The zero-order valence-corrected chi connectivity index (χ0v) is 26.4. The topological polar surface area (TPSA) is 55.8 Å².